The van der Waals surface area contributed by atoms with Crippen molar-refractivity contribution in [2.24, 2.45) is 5.41 Å². The van der Waals surface area contributed by atoms with E-state index in [0.717, 1.165) is 29.0 Å². The number of thioether (sulfide) groups is 1. The van der Waals surface area contributed by atoms with E-state index in [1.165, 1.54) is 20.8 Å². The topological polar surface area (TPSA) is 412 Å². The number of ether oxygens (including phenoxy) is 1. The van der Waals surface area contributed by atoms with Crippen LogP contribution in [0.2, 0.25) is 0 Å². The van der Waals surface area contributed by atoms with Crippen LogP contribution >= 0.6 is 35.2 Å². The van der Waals surface area contributed by atoms with E-state index in [1.54, 1.807) is 0 Å². The van der Waals surface area contributed by atoms with Gasteiger partial charge in [0, 0.05) is 43.5 Å². The third-order valence-electron chi connectivity index (χ3n) is 8.50. The van der Waals surface area contributed by atoms with E-state index < -0.39 is 90.0 Å². The highest BCUT2D eigenvalue weighted by Gasteiger charge is 2.55. The molecule has 2 aromatic rings. The van der Waals surface area contributed by atoms with Gasteiger partial charge in [0.15, 0.2) is 22.3 Å². The smallest absolute Gasteiger partial charge is 0.303 e. The molecule has 0 radical (unpaired) electrons. The number of hydrogen-bond acceptors (Lipinski definition) is 23. The maximum atomic E-state index is 12.6. The number of aliphatic hydroxyl groups is 2. The molecule has 3 heterocycles. The van der Waals surface area contributed by atoms with Crippen LogP contribution in [0.5, 0.6) is 0 Å². The van der Waals surface area contributed by atoms with Gasteiger partial charge in [-0.25, -0.2) is 19.3 Å². The number of imidazole rings is 1. The number of nitrogens with zero attached hydrogens (tertiary/aromatic N) is 4. The Bertz CT molecular complexity index is 1950. The van der Waals surface area contributed by atoms with Gasteiger partial charge in [0.2, 0.25) is 11.8 Å². The highest BCUT2D eigenvalue weighted by Crippen LogP contribution is 2.56. The number of phosphoric ester groups is 3. The molecule has 2 amide bonds. The average Bonchev–Trinajstić information content (AvgIpc) is 3.67. The average molecular weight is 920 g/mol. The molecule has 1 saturated heterocycles. The van der Waals surface area contributed by atoms with Gasteiger partial charge < -0.3 is 74.1 Å². The van der Waals surface area contributed by atoms with E-state index in [4.69, 9.17) is 15.6 Å². The molecule has 0 bridgehead atoms. The zero-order valence-corrected chi connectivity index (χ0v) is 35.2. The lowest BCUT2D eigenvalue weighted by Crippen LogP contribution is -2.46. The molecule has 0 saturated carbocycles. The summed E-state index contributed by atoms with van der Waals surface area (Å²) in [6.07, 6.45) is -4.26. The Morgan fingerprint density at radius 2 is 1.68 bits per heavy atom. The number of unbranched alkanes of at least 4 members (excludes halogenated alkanes) is 2. The normalized spacial score (nSPS) is 22.4. The lowest BCUT2D eigenvalue weighted by Gasteiger charge is -2.36. The maximum Gasteiger partial charge on any atom is 0.303 e. The number of carboxylic acid groups (broad SMARTS) is 1. The molecule has 59 heavy (non-hydrogen) atoms. The second-order valence-corrected chi connectivity index (χ2v) is 18.9. The van der Waals surface area contributed by atoms with Crippen molar-refractivity contribution in [1.82, 2.24) is 30.2 Å². The van der Waals surface area contributed by atoms with Crippen molar-refractivity contribution >= 4 is 75.1 Å². The molecule has 7 N–H and O–H groups in total. The Kier molecular flexibility index (Phi) is 18.1. The minimum atomic E-state index is -5.95. The molecule has 1 aliphatic heterocycles. The van der Waals surface area contributed by atoms with Crippen LogP contribution < -0.4 is 35.9 Å². The Hall–Kier alpha value is -2.97. The van der Waals surface area contributed by atoms with Gasteiger partial charge in [0.05, 0.1) is 27.4 Å². The zero-order valence-electron chi connectivity index (χ0n) is 31.7. The first-order valence-electron chi connectivity index (χ1n) is 17.5. The van der Waals surface area contributed by atoms with Crippen molar-refractivity contribution in [3.63, 3.8) is 0 Å². The third kappa shape index (κ3) is 15.5. The van der Waals surface area contributed by atoms with Gasteiger partial charge in [-0.1, -0.05) is 32.0 Å². The summed E-state index contributed by atoms with van der Waals surface area (Å²) in [5.74, 6) is -2.25. The molecule has 334 valence electrons. The number of aliphatic carboxylic acids is 1. The van der Waals surface area contributed by atoms with Gasteiger partial charge in [-0.3, -0.25) is 32.9 Å². The summed E-state index contributed by atoms with van der Waals surface area (Å²) in [5, 5.41) is 34.9. The van der Waals surface area contributed by atoms with Gasteiger partial charge in [0.25, 0.3) is 15.6 Å². The first-order chi connectivity index (χ1) is 27.3. The van der Waals surface area contributed by atoms with E-state index in [9.17, 15) is 62.7 Å². The summed E-state index contributed by atoms with van der Waals surface area (Å²) in [5.41, 5.74) is 1.97. The molecule has 7 unspecified atom stereocenters. The third-order valence-corrected chi connectivity index (χ3v) is 12.4. The van der Waals surface area contributed by atoms with Crippen molar-refractivity contribution in [2.45, 2.75) is 89.4 Å². The van der Waals surface area contributed by atoms with E-state index in [2.05, 4.69) is 43.5 Å². The van der Waals surface area contributed by atoms with Crippen molar-refractivity contribution < 1.29 is 90.4 Å². The number of aromatic nitrogens is 4. The summed E-state index contributed by atoms with van der Waals surface area (Å²) in [6.45, 7) is 1.10. The number of hydrogen-bond donors (Lipinski definition) is 6. The van der Waals surface area contributed by atoms with Crippen LogP contribution in [-0.4, -0.2) is 114 Å². The fourth-order valence-electron chi connectivity index (χ4n) is 5.38. The van der Waals surface area contributed by atoms with Crippen molar-refractivity contribution in [2.75, 3.05) is 37.8 Å². The van der Waals surface area contributed by atoms with Gasteiger partial charge in [-0.15, -0.1) is 0 Å². The maximum absolute atomic E-state index is 12.6. The number of phosphoric acid groups is 3. The first kappa shape index (κ1) is 50.4. The summed E-state index contributed by atoms with van der Waals surface area (Å²) >= 11 is 1.01. The molecule has 1 aliphatic rings. The van der Waals surface area contributed by atoms with Crippen molar-refractivity contribution in [1.29, 1.82) is 0 Å². The number of carboxylic acids is 1. The standard InChI is InChI=1S/C29H48N7O19P3S/c1-28(2,24(42)27(43)32-10-9-18(37)31-11-12-59-20(40)8-6-4-5-7-19(38)39)14-52-58(49,50)55-57(47,48)51-13-17-22(54-56(44,45)46)23(41)29(3,53-17)36-16-35-21-25(30)33-15-34-26(21)36/h15-17,22-24,41-42H,4-14H2,1-3H3,(H,31,37)(H,32,43)(H,38,39)(H,47,48)(H,49,50)(H2,30,33,34)(H2,44,45,46)/p-4. The number of anilines is 1. The minimum Gasteiger partial charge on any atom is -0.790 e. The molecule has 26 nitrogen and oxygen atoms in total. The first-order valence-corrected chi connectivity index (χ1v) is 22.9. The molecule has 1 fully saturated rings. The van der Waals surface area contributed by atoms with Crippen LogP contribution in [0.3, 0.4) is 0 Å². The predicted octanol–water partition coefficient (Wildman–Crippen LogP) is -2.65. The highest BCUT2D eigenvalue weighted by molar-refractivity contribution is 8.13. The lowest BCUT2D eigenvalue weighted by atomic mass is 9.87. The van der Waals surface area contributed by atoms with Crippen LogP contribution in [0.25, 0.3) is 11.2 Å². The molecule has 2 aromatic heterocycles. The van der Waals surface area contributed by atoms with Crippen LogP contribution in [0, 0.1) is 5.41 Å². The SMILES string of the molecule is CC(C)(COP(=O)([O-])OP(=O)([O-])OCC1OC(C)(n2cnc3c(N)ncnc32)C(O)C1OP(=O)([O-])[O-])C(O)C(=O)NCCC(=O)NCCSC(=O)CCCCCC(=O)O. The molecular weight excluding hydrogens is 875 g/mol. The minimum absolute atomic E-state index is 0.0274. The van der Waals surface area contributed by atoms with E-state index >= 15 is 0 Å². The Morgan fingerprint density at radius 1 is 1.02 bits per heavy atom. The van der Waals surface area contributed by atoms with Crippen LogP contribution in [-0.2, 0) is 61.2 Å². The van der Waals surface area contributed by atoms with Gasteiger partial charge in [-0.2, -0.15) is 0 Å². The number of aliphatic hydroxyl groups excluding tert-OH is 2. The number of nitrogens with one attached hydrogen (secondary N) is 2. The number of fused-ring (bicyclic) bond motifs is 1. The number of nitrogens with two attached hydrogens (primary N) is 1. The molecule has 7 atom stereocenters. The molecule has 3 rings (SSSR count). The zero-order chi connectivity index (χ0) is 44.4. The van der Waals surface area contributed by atoms with Crippen LogP contribution in [0.4, 0.5) is 5.82 Å². The van der Waals surface area contributed by atoms with E-state index in [1.807, 2.05) is 0 Å². The fourth-order valence-corrected chi connectivity index (χ4v) is 8.83. The summed E-state index contributed by atoms with van der Waals surface area (Å²) in [7, 11) is -17.7. The lowest BCUT2D eigenvalue weighted by molar-refractivity contribution is -0.347. The summed E-state index contributed by atoms with van der Waals surface area (Å²) in [6, 6.07) is 0. The van der Waals surface area contributed by atoms with Gasteiger partial charge in [0.1, 0.15) is 36.3 Å². The highest BCUT2D eigenvalue weighted by atomic mass is 32.2. The number of carbonyl (C=O) groups is 4. The van der Waals surface area contributed by atoms with Gasteiger partial charge in [-0.05, 0) is 19.8 Å². The Labute approximate surface area is 340 Å². The Balaban J connectivity index is 1.47. The number of carbonyl (C=O) groups excluding carboxylic acids is 3. The number of amides is 2. The summed E-state index contributed by atoms with van der Waals surface area (Å²) in [4.78, 5) is 107. The van der Waals surface area contributed by atoms with Crippen molar-refractivity contribution in [3.05, 3.63) is 12.7 Å². The van der Waals surface area contributed by atoms with Crippen LogP contribution in [0.1, 0.15) is 59.3 Å². The molecule has 30 heteroatoms. The second kappa shape index (κ2) is 21.2. The molecular formula is C29H44N7O19P3S-4. The van der Waals surface area contributed by atoms with Gasteiger partial charge >= 0.3 is 5.97 Å². The Morgan fingerprint density at radius 3 is 2.34 bits per heavy atom. The molecule has 0 aromatic carbocycles. The van der Waals surface area contributed by atoms with E-state index in [0.29, 0.717) is 19.3 Å². The summed E-state index contributed by atoms with van der Waals surface area (Å²) < 4.78 is 61.0. The molecule has 0 spiro atoms. The van der Waals surface area contributed by atoms with Crippen molar-refractivity contribution in [3.8, 4) is 0 Å². The monoisotopic (exact) mass is 919 g/mol. The molecule has 0 aliphatic carbocycles. The predicted molar refractivity (Wildman–Crippen MR) is 194 cm³/mol. The number of rotatable bonds is 25. The largest absolute Gasteiger partial charge is 0.790 e. The van der Waals surface area contributed by atoms with E-state index in [-0.39, 0.29) is 60.2 Å². The second-order valence-electron chi connectivity index (χ2n) is 13.7. The van der Waals surface area contributed by atoms with Crippen LogP contribution in [0.15, 0.2) is 12.7 Å². The quantitative estimate of drug-likeness (QED) is 0.0437. The number of nitrogen functional groups attached to an aromatic ring is 1. The fraction of sp³-hybridized carbons (Fsp3) is 0.690.